The molecule has 4 nitrogen and oxygen atoms in total. The smallest absolute Gasteiger partial charge is 0.0958 e. The van der Waals surface area contributed by atoms with E-state index in [4.69, 9.17) is 0 Å². The van der Waals surface area contributed by atoms with Crippen LogP contribution in [0.15, 0.2) is 24.5 Å². The number of nitrogens with one attached hydrogen (secondary N) is 1. The number of aromatic nitrogens is 2. The predicted molar refractivity (Wildman–Crippen MR) is 52.4 cm³/mol. The van der Waals surface area contributed by atoms with Crippen LogP contribution >= 0.6 is 0 Å². The van der Waals surface area contributed by atoms with Gasteiger partial charge in [-0.05, 0) is 19.1 Å². The first kappa shape index (κ1) is 8.07. The number of rotatable bonds is 2. The van der Waals surface area contributed by atoms with Crippen molar-refractivity contribution in [2.24, 2.45) is 0 Å². The van der Waals surface area contributed by atoms with Crippen molar-refractivity contribution < 1.29 is 0 Å². The van der Waals surface area contributed by atoms with E-state index in [0.29, 0.717) is 5.69 Å². The highest BCUT2D eigenvalue weighted by atomic mass is 16.5. The van der Waals surface area contributed by atoms with E-state index in [0.717, 1.165) is 17.6 Å². The molecular formula is C9H10N3O-. The van der Waals surface area contributed by atoms with Crippen molar-refractivity contribution in [1.82, 2.24) is 9.55 Å². The van der Waals surface area contributed by atoms with Gasteiger partial charge in [0.15, 0.2) is 0 Å². The third kappa shape index (κ3) is 1.15. The Kier molecular flexibility index (Phi) is 1.90. The molecule has 1 aromatic heterocycles. The number of hydrogen-bond donors (Lipinski definition) is 1. The number of fused-ring (bicyclic) bond motifs is 1. The number of benzene rings is 1. The number of imidazole rings is 1. The molecule has 4 heteroatoms. The lowest BCUT2D eigenvalue weighted by Gasteiger charge is -2.11. The quantitative estimate of drug-likeness (QED) is 0.711. The van der Waals surface area contributed by atoms with Gasteiger partial charge >= 0.3 is 0 Å². The van der Waals surface area contributed by atoms with Gasteiger partial charge in [-0.3, -0.25) is 0 Å². The minimum atomic E-state index is 0.580. The highest BCUT2D eigenvalue weighted by Gasteiger charge is 2.03. The van der Waals surface area contributed by atoms with Gasteiger partial charge in [-0.15, -0.1) is 0 Å². The van der Waals surface area contributed by atoms with Crippen LogP contribution in [0.2, 0.25) is 0 Å². The highest BCUT2D eigenvalue weighted by molar-refractivity contribution is 5.88. The Balaban J connectivity index is 2.76. The molecule has 0 aliphatic carbocycles. The van der Waals surface area contributed by atoms with Gasteiger partial charge in [0.1, 0.15) is 0 Å². The molecule has 0 unspecified atom stereocenters. The van der Waals surface area contributed by atoms with E-state index in [1.807, 2.05) is 29.1 Å². The molecule has 1 N–H and O–H groups in total. The molecule has 0 fully saturated rings. The highest BCUT2D eigenvalue weighted by Crippen LogP contribution is 2.21. The third-order valence-electron chi connectivity index (χ3n) is 2.09. The van der Waals surface area contributed by atoms with Crippen LogP contribution in [0.5, 0.6) is 0 Å². The summed E-state index contributed by atoms with van der Waals surface area (Å²) in [4.78, 5) is 4.18. The van der Waals surface area contributed by atoms with Crippen molar-refractivity contribution in [1.29, 1.82) is 0 Å². The predicted octanol–water partition coefficient (Wildman–Crippen LogP) is 1.97. The molecule has 0 aliphatic heterocycles. The van der Waals surface area contributed by atoms with Crippen molar-refractivity contribution in [2.75, 3.05) is 5.48 Å². The molecule has 2 aromatic rings. The largest absolute Gasteiger partial charge is 0.761 e. The minimum absolute atomic E-state index is 0.580. The number of para-hydroxylation sites is 1. The zero-order valence-corrected chi connectivity index (χ0v) is 7.32. The van der Waals surface area contributed by atoms with Gasteiger partial charge in [0.05, 0.1) is 17.4 Å². The molecule has 0 saturated heterocycles. The van der Waals surface area contributed by atoms with Gasteiger partial charge in [-0.1, -0.05) is 6.07 Å². The average molecular weight is 176 g/mol. The summed E-state index contributed by atoms with van der Waals surface area (Å²) in [5.74, 6) is 0. The molecule has 0 aliphatic rings. The Morgan fingerprint density at radius 1 is 1.54 bits per heavy atom. The number of nitrogens with zero attached hydrogens (tertiary/aromatic N) is 2. The van der Waals surface area contributed by atoms with E-state index in [1.165, 1.54) is 0 Å². The first-order chi connectivity index (χ1) is 6.36. The van der Waals surface area contributed by atoms with Crippen LogP contribution in [0, 0.1) is 5.21 Å². The Hall–Kier alpha value is -1.55. The lowest BCUT2D eigenvalue weighted by atomic mass is 10.2. The summed E-state index contributed by atoms with van der Waals surface area (Å²) in [6.45, 7) is 2.83. The Bertz CT molecular complexity index is 422. The second-order valence-corrected chi connectivity index (χ2v) is 2.81. The van der Waals surface area contributed by atoms with Crippen molar-refractivity contribution in [3.05, 3.63) is 29.7 Å². The first-order valence-corrected chi connectivity index (χ1v) is 4.19. The SMILES string of the molecule is CCn1cnc2cccc(N[O-])c21. The van der Waals surface area contributed by atoms with Crippen molar-refractivity contribution in [3.63, 3.8) is 0 Å². The summed E-state index contributed by atoms with van der Waals surface area (Å²) in [6.07, 6.45) is 1.74. The molecule has 1 aromatic carbocycles. The summed E-state index contributed by atoms with van der Waals surface area (Å²) in [7, 11) is 0. The average Bonchev–Trinajstić information content (AvgIpc) is 2.60. The molecule has 0 saturated carbocycles. The molecule has 2 rings (SSSR count). The van der Waals surface area contributed by atoms with Crippen molar-refractivity contribution in [2.45, 2.75) is 13.5 Å². The van der Waals surface area contributed by atoms with Gasteiger partial charge in [-0.2, -0.15) is 0 Å². The summed E-state index contributed by atoms with van der Waals surface area (Å²) in [5.41, 5.74) is 4.23. The van der Waals surface area contributed by atoms with E-state index < -0.39 is 0 Å². The van der Waals surface area contributed by atoms with Crippen LogP contribution in [-0.2, 0) is 6.54 Å². The fourth-order valence-corrected chi connectivity index (χ4v) is 1.45. The Labute approximate surface area is 75.8 Å². The topological polar surface area (TPSA) is 52.9 Å². The second-order valence-electron chi connectivity index (χ2n) is 2.81. The maximum absolute atomic E-state index is 10.6. The second kappa shape index (κ2) is 3.06. The lowest BCUT2D eigenvalue weighted by Crippen LogP contribution is -1.94. The monoisotopic (exact) mass is 176 g/mol. The molecule has 68 valence electrons. The molecular weight excluding hydrogens is 166 g/mol. The zero-order chi connectivity index (χ0) is 9.26. The van der Waals surface area contributed by atoms with E-state index in [9.17, 15) is 5.21 Å². The third-order valence-corrected chi connectivity index (χ3v) is 2.09. The van der Waals surface area contributed by atoms with Crippen LogP contribution in [0.25, 0.3) is 11.0 Å². The van der Waals surface area contributed by atoms with E-state index >= 15 is 0 Å². The van der Waals surface area contributed by atoms with Gasteiger partial charge in [0, 0.05) is 12.2 Å². The summed E-state index contributed by atoms with van der Waals surface area (Å²) in [5, 5.41) is 10.6. The van der Waals surface area contributed by atoms with Gasteiger partial charge in [0.25, 0.3) is 0 Å². The summed E-state index contributed by atoms with van der Waals surface area (Å²) < 4.78 is 1.94. The van der Waals surface area contributed by atoms with Crippen LogP contribution in [0.4, 0.5) is 5.69 Å². The molecule has 13 heavy (non-hydrogen) atoms. The fourth-order valence-electron chi connectivity index (χ4n) is 1.45. The number of aryl methyl sites for hydroxylation is 1. The number of hydrogen-bond acceptors (Lipinski definition) is 3. The molecule has 0 atom stereocenters. The van der Waals surface area contributed by atoms with Crippen LogP contribution in [0.1, 0.15) is 6.92 Å². The number of anilines is 1. The van der Waals surface area contributed by atoms with Gasteiger partial charge < -0.3 is 15.3 Å². The van der Waals surface area contributed by atoms with Gasteiger partial charge in [0.2, 0.25) is 0 Å². The minimum Gasteiger partial charge on any atom is -0.761 e. The van der Waals surface area contributed by atoms with Crippen LogP contribution in [0.3, 0.4) is 0 Å². The molecule has 0 spiro atoms. The van der Waals surface area contributed by atoms with Gasteiger partial charge in [-0.25, -0.2) is 4.98 Å². The summed E-state index contributed by atoms with van der Waals surface area (Å²) in [6, 6.07) is 5.46. The molecule has 0 radical (unpaired) electrons. The maximum atomic E-state index is 10.6. The maximum Gasteiger partial charge on any atom is 0.0958 e. The molecule has 0 bridgehead atoms. The molecule has 0 amide bonds. The van der Waals surface area contributed by atoms with E-state index in [1.54, 1.807) is 12.4 Å². The fraction of sp³-hybridized carbons (Fsp3) is 0.222. The normalized spacial score (nSPS) is 10.6. The first-order valence-electron chi connectivity index (χ1n) is 4.19. The Morgan fingerprint density at radius 3 is 3.08 bits per heavy atom. The van der Waals surface area contributed by atoms with Crippen LogP contribution < -0.4 is 5.48 Å². The standard InChI is InChI=1S/C9H10N3O/c1-2-12-6-10-7-4-3-5-8(11-13)9(7)12/h3-6,11H,2H2,1H3/q-1. The van der Waals surface area contributed by atoms with E-state index in [-0.39, 0.29) is 0 Å². The van der Waals surface area contributed by atoms with E-state index in [2.05, 4.69) is 4.98 Å². The summed E-state index contributed by atoms with van der Waals surface area (Å²) >= 11 is 0. The Morgan fingerprint density at radius 2 is 2.38 bits per heavy atom. The van der Waals surface area contributed by atoms with Crippen molar-refractivity contribution in [3.8, 4) is 0 Å². The van der Waals surface area contributed by atoms with Crippen LogP contribution in [-0.4, -0.2) is 9.55 Å². The molecule has 1 heterocycles. The lowest BCUT2D eigenvalue weighted by molar-refractivity contribution is 0.787. The zero-order valence-electron chi connectivity index (χ0n) is 7.32. The van der Waals surface area contributed by atoms with Crippen molar-refractivity contribution >= 4 is 16.7 Å².